The van der Waals surface area contributed by atoms with Crippen molar-refractivity contribution in [3.63, 3.8) is 0 Å². The highest BCUT2D eigenvalue weighted by atomic mass is 16.5. The molecule has 4 nitrogen and oxygen atoms in total. The van der Waals surface area contributed by atoms with Gasteiger partial charge in [-0.1, -0.05) is 36.4 Å². The number of benzene rings is 2. The van der Waals surface area contributed by atoms with Gasteiger partial charge in [0.05, 0.1) is 12.2 Å². The topological polar surface area (TPSA) is 58.6 Å². The van der Waals surface area contributed by atoms with Gasteiger partial charge in [-0.15, -0.1) is 0 Å². The summed E-state index contributed by atoms with van der Waals surface area (Å²) in [4.78, 5) is 12.0. The highest BCUT2D eigenvalue weighted by Gasteiger charge is 2.09. The lowest BCUT2D eigenvalue weighted by atomic mass is 10.1. The van der Waals surface area contributed by atoms with Gasteiger partial charge < -0.3 is 15.2 Å². The molecule has 0 saturated heterocycles. The number of carbonyl (C=O) groups is 1. The van der Waals surface area contributed by atoms with Gasteiger partial charge in [-0.3, -0.25) is 4.79 Å². The van der Waals surface area contributed by atoms with Gasteiger partial charge in [-0.25, -0.2) is 0 Å². The lowest BCUT2D eigenvalue weighted by Gasteiger charge is -2.08. The Hall–Kier alpha value is -2.33. The molecule has 2 N–H and O–H groups in total. The first kappa shape index (κ1) is 15.1. The van der Waals surface area contributed by atoms with E-state index in [4.69, 9.17) is 4.74 Å². The molecule has 0 spiro atoms. The first-order valence-electron chi connectivity index (χ1n) is 6.92. The summed E-state index contributed by atoms with van der Waals surface area (Å²) in [7, 11) is 0. The number of rotatable bonds is 6. The van der Waals surface area contributed by atoms with Crippen LogP contribution in [0.2, 0.25) is 0 Å². The van der Waals surface area contributed by atoms with Crippen LogP contribution in [0, 0.1) is 0 Å². The molecule has 0 saturated carbocycles. The highest BCUT2D eigenvalue weighted by Crippen LogP contribution is 2.15. The molecule has 110 valence electrons. The molecule has 0 aromatic heterocycles. The molecule has 0 aliphatic heterocycles. The Morgan fingerprint density at radius 1 is 1.10 bits per heavy atom. The van der Waals surface area contributed by atoms with Crippen LogP contribution in [0.15, 0.2) is 48.5 Å². The second-order valence-corrected chi connectivity index (χ2v) is 4.65. The monoisotopic (exact) mass is 285 g/mol. The van der Waals surface area contributed by atoms with Gasteiger partial charge in [0.25, 0.3) is 5.91 Å². The number of hydrogen-bond donors (Lipinski definition) is 2. The van der Waals surface area contributed by atoms with E-state index >= 15 is 0 Å². The third-order valence-electron chi connectivity index (χ3n) is 3.10. The number of aromatic hydroxyl groups is 1. The molecule has 21 heavy (non-hydrogen) atoms. The van der Waals surface area contributed by atoms with E-state index < -0.39 is 0 Å². The largest absolute Gasteiger partial charge is 0.507 e. The average Bonchev–Trinajstić information content (AvgIpc) is 2.52. The standard InChI is InChI=1S/C17H19NO3/c1-2-21-12-14-9-7-13(8-10-14)11-18-17(20)15-5-3-4-6-16(15)19/h3-10,19H,2,11-12H2,1H3,(H,18,20). The van der Waals surface area contributed by atoms with E-state index in [0.717, 1.165) is 11.1 Å². The summed E-state index contributed by atoms with van der Waals surface area (Å²) < 4.78 is 5.33. The zero-order valence-electron chi connectivity index (χ0n) is 12.0. The smallest absolute Gasteiger partial charge is 0.255 e. The van der Waals surface area contributed by atoms with Gasteiger partial charge in [0.1, 0.15) is 5.75 Å². The van der Waals surface area contributed by atoms with E-state index in [-0.39, 0.29) is 17.2 Å². The number of amides is 1. The lowest BCUT2D eigenvalue weighted by Crippen LogP contribution is -2.22. The van der Waals surface area contributed by atoms with Crippen molar-refractivity contribution in [3.8, 4) is 5.75 Å². The van der Waals surface area contributed by atoms with Crippen LogP contribution in [0.3, 0.4) is 0 Å². The molecule has 2 aromatic carbocycles. The van der Waals surface area contributed by atoms with Crippen molar-refractivity contribution < 1.29 is 14.6 Å². The second kappa shape index (κ2) is 7.45. The van der Waals surface area contributed by atoms with Crippen molar-refractivity contribution in [1.29, 1.82) is 0 Å². The van der Waals surface area contributed by atoms with Crippen molar-refractivity contribution in [3.05, 3.63) is 65.2 Å². The maximum Gasteiger partial charge on any atom is 0.255 e. The van der Waals surface area contributed by atoms with Crippen LogP contribution in [0.5, 0.6) is 5.75 Å². The molecule has 4 heteroatoms. The number of hydrogen-bond acceptors (Lipinski definition) is 3. The summed E-state index contributed by atoms with van der Waals surface area (Å²) in [5.74, 6) is -0.298. The number of nitrogens with one attached hydrogen (secondary N) is 1. The van der Waals surface area contributed by atoms with E-state index in [1.54, 1.807) is 18.2 Å². The molecule has 2 rings (SSSR count). The Labute approximate surface area is 124 Å². The Kier molecular flexibility index (Phi) is 5.35. The van der Waals surface area contributed by atoms with Crippen LogP contribution in [-0.4, -0.2) is 17.6 Å². The number of phenolic OH excluding ortho intramolecular Hbond substituents is 1. The van der Waals surface area contributed by atoms with E-state index in [1.807, 2.05) is 31.2 Å². The summed E-state index contributed by atoms with van der Waals surface area (Å²) in [6.45, 7) is 3.67. The summed E-state index contributed by atoms with van der Waals surface area (Å²) in [6, 6.07) is 14.4. The Balaban J connectivity index is 1.91. The summed E-state index contributed by atoms with van der Waals surface area (Å²) >= 11 is 0. The first-order chi connectivity index (χ1) is 10.2. The number of ether oxygens (including phenoxy) is 1. The van der Waals surface area contributed by atoms with Crippen LogP contribution < -0.4 is 5.32 Å². The van der Waals surface area contributed by atoms with Crippen LogP contribution in [0.25, 0.3) is 0 Å². The fourth-order valence-corrected chi connectivity index (χ4v) is 1.92. The maximum absolute atomic E-state index is 12.0. The van der Waals surface area contributed by atoms with Crippen LogP contribution in [0.4, 0.5) is 0 Å². The fraction of sp³-hybridized carbons (Fsp3) is 0.235. The van der Waals surface area contributed by atoms with Gasteiger partial charge in [0.2, 0.25) is 0 Å². The molecule has 0 atom stereocenters. The first-order valence-corrected chi connectivity index (χ1v) is 6.92. The molecule has 0 aliphatic carbocycles. The van der Waals surface area contributed by atoms with Crippen LogP contribution >= 0.6 is 0 Å². The van der Waals surface area contributed by atoms with Gasteiger partial charge in [-0.05, 0) is 30.2 Å². The van der Waals surface area contributed by atoms with Crippen molar-refractivity contribution in [2.24, 2.45) is 0 Å². The molecule has 0 bridgehead atoms. The summed E-state index contributed by atoms with van der Waals surface area (Å²) in [5.41, 5.74) is 2.39. The van der Waals surface area contributed by atoms with Crippen LogP contribution in [0.1, 0.15) is 28.4 Å². The summed E-state index contributed by atoms with van der Waals surface area (Å²) in [6.07, 6.45) is 0. The second-order valence-electron chi connectivity index (χ2n) is 4.65. The zero-order chi connectivity index (χ0) is 15.1. The quantitative estimate of drug-likeness (QED) is 0.858. The Morgan fingerprint density at radius 3 is 2.43 bits per heavy atom. The third kappa shape index (κ3) is 4.33. The predicted octanol–water partition coefficient (Wildman–Crippen LogP) is 2.86. The van der Waals surface area contributed by atoms with E-state index in [0.29, 0.717) is 19.8 Å². The van der Waals surface area contributed by atoms with Gasteiger partial charge in [0, 0.05) is 13.2 Å². The van der Waals surface area contributed by atoms with Crippen molar-refractivity contribution in [2.45, 2.75) is 20.1 Å². The van der Waals surface area contributed by atoms with Gasteiger partial charge >= 0.3 is 0 Å². The van der Waals surface area contributed by atoms with Crippen molar-refractivity contribution >= 4 is 5.91 Å². The Bertz CT molecular complexity index is 593. The SMILES string of the molecule is CCOCc1ccc(CNC(=O)c2ccccc2O)cc1. The maximum atomic E-state index is 12.0. The predicted molar refractivity (Wildman–Crippen MR) is 81.0 cm³/mol. The summed E-state index contributed by atoms with van der Waals surface area (Å²) in [5, 5.41) is 12.4. The molecule has 2 aromatic rings. The van der Waals surface area contributed by atoms with E-state index in [9.17, 15) is 9.90 Å². The zero-order valence-corrected chi connectivity index (χ0v) is 12.0. The minimum atomic E-state index is -0.286. The molecule has 1 amide bonds. The normalized spacial score (nSPS) is 10.3. The number of para-hydroxylation sites is 1. The van der Waals surface area contributed by atoms with Crippen molar-refractivity contribution in [2.75, 3.05) is 6.61 Å². The molecule has 0 radical (unpaired) electrons. The van der Waals surface area contributed by atoms with E-state index in [2.05, 4.69) is 5.32 Å². The van der Waals surface area contributed by atoms with Crippen LogP contribution in [-0.2, 0) is 17.9 Å². The third-order valence-corrected chi connectivity index (χ3v) is 3.10. The highest BCUT2D eigenvalue weighted by molar-refractivity contribution is 5.96. The average molecular weight is 285 g/mol. The molecular weight excluding hydrogens is 266 g/mol. The molecule has 0 heterocycles. The van der Waals surface area contributed by atoms with Crippen molar-refractivity contribution in [1.82, 2.24) is 5.32 Å². The molecule has 0 unspecified atom stereocenters. The molecular formula is C17H19NO3. The minimum Gasteiger partial charge on any atom is -0.507 e. The van der Waals surface area contributed by atoms with E-state index in [1.165, 1.54) is 6.07 Å². The Morgan fingerprint density at radius 2 is 1.76 bits per heavy atom. The fourth-order valence-electron chi connectivity index (χ4n) is 1.92. The van der Waals surface area contributed by atoms with Gasteiger partial charge in [-0.2, -0.15) is 0 Å². The van der Waals surface area contributed by atoms with Gasteiger partial charge in [0.15, 0.2) is 0 Å². The number of carbonyl (C=O) groups excluding carboxylic acids is 1. The number of phenols is 1. The molecule has 0 fully saturated rings. The lowest BCUT2D eigenvalue weighted by molar-refractivity contribution is 0.0948. The minimum absolute atomic E-state index is 0.0120. The molecule has 0 aliphatic rings.